The molecule has 1 aromatic heterocycles. The molecule has 0 saturated carbocycles. The van der Waals surface area contributed by atoms with Crippen LogP contribution in [0.15, 0.2) is 79.1 Å². The van der Waals surface area contributed by atoms with Gasteiger partial charge in [-0.15, -0.1) is 0 Å². The fraction of sp³-hybridized carbons (Fsp3) is 0.316. The van der Waals surface area contributed by atoms with Crippen molar-refractivity contribution in [1.29, 1.82) is 0 Å². The highest BCUT2D eigenvalue weighted by molar-refractivity contribution is 6.35. The van der Waals surface area contributed by atoms with E-state index in [0.29, 0.717) is 45.2 Å². The number of nitrogens with zero attached hydrogens (tertiary/aromatic N) is 3. The number of rotatable bonds is 12. The van der Waals surface area contributed by atoms with Crippen LogP contribution in [0.5, 0.6) is 11.5 Å². The van der Waals surface area contributed by atoms with Crippen molar-refractivity contribution in [3.05, 3.63) is 122 Å². The molecule has 3 aliphatic heterocycles. The summed E-state index contributed by atoms with van der Waals surface area (Å²) in [5.74, 6) is -0.139. The van der Waals surface area contributed by atoms with Gasteiger partial charge in [-0.3, -0.25) is 14.6 Å². The number of anilines is 1. The third-order valence-electron chi connectivity index (χ3n) is 9.54. The van der Waals surface area contributed by atoms with E-state index in [1.54, 1.807) is 66.7 Å². The number of carbonyl (C=O) groups is 3. The number of benzene rings is 3. The van der Waals surface area contributed by atoms with Crippen LogP contribution in [0.4, 0.5) is 10.5 Å². The van der Waals surface area contributed by atoms with E-state index in [0.717, 1.165) is 25.9 Å². The molecule has 0 aliphatic carbocycles. The van der Waals surface area contributed by atoms with Crippen molar-refractivity contribution in [1.82, 2.24) is 4.90 Å². The number of piperidine rings is 3. The predicted molar refractivity (Wildman–Crippen MR) is 194 cm³/mol. The number of para-hydroxylation sites is 1. The van der Waals surface area contributed by atoms with Gasteiger partial charge >= 0.3 is 12.1 Å². The van der Waals surface area contributed by atoms with Gasteiger partial charge in [-0.2, -0.15) is 4.73 Å². The Morgan fingerprint density at radius 2 is 1.63 bits per heavy atom. The molecule has 2 atom stereocenters. The Bertz CT molecular complexity index is 1930. The van der Waals surface area contributed by atoms with E-state index in [9.17, 15) is 19.6 Å². The van der Waals surface area contributed by atoms with Crippen LogP contribution in [0, 0.1) is 11.1 Å². The Labute approximate surface area is 311 Å². The van der Waals surface area contributed by atoms with Gasteiger partial charge in [0.15, 0.2) is 23.9 Å². The van der Waals surface area contributed by atoms with E-state index >= 15 is 0 Å². The molecule has 2 bridgehead atoms. The normalized spacial score (nSPS) is 18.3. The van der Waals surface area contributed by atoms with Gasteiger partial charge in [0.2, 0.25) is 0 Å². The van der Waals surface area contributed by atoms with Gasteiger partial charge in [0.25, 0.3) is 5.91 Å². The van der Waals surface area contributed by atoms with Crippen LogP contribution in [0.1, 0.15) is 56.4 Å². The summed E-state index contributed by atoms with van der Waals surface area (Å²) in [6.45, 7) is 2.70. The van der Waals surface area contributed by atoms with Gasteiger partial charge in [0, 0.05) is 18.5 Å². The summed E-state index contributed by atoms with van der Waals surface area (Å²) in [7, 11) is 3.00. The Hall–Kier alpha value is -5.04. The zero-order chi connectivity index (χ0) is 36.9. The zero-order valence-electron chi connectivity index (χ0n) is 28.6. The number of amides is 2. The first-order chi connectivity index (χ1) is 25.0. The molecule has 2 amide bonds. The second-order valence-electron chi connectivity index (χ2n) is 12.7. The van der Waals surface area contributed by atoms with Crippen molar-refractivity contribution in [2.75, 3.05) is 38.8 Å². The largest absolute Gasteiger partial charge is 0.619 e. The number of methoxy groups -OCH3 is 2. The number of carbonyl (C=O) groups excluding carboxylic acids is 3. The number of nitrogens with two attached hydrogens (primary N) is 1. The highest BCUT2D eigenvalue weighted by Gasteiger charge is 2.38. The van der Waals surface area contributed by atoms with Crippen LogP contribution in [-0.4, -0.2) is 62.8 Å². The molecule has 14 heteroatoms. The second-order valence-corrected chi connectivity index (χ2v) is 13.5. The van der Waals surface area contributed by atoms with Crippen molar-refractivity contribution >= 4 is 46.9 Å². The second kappa shape index (κ2) is 16.1. The monoisotopic (exact) mass is 748 g/mol. The Kier molecular flexibility index (Phi) is 11.4. The average molecular weight is 750 g/mol. The molecule has 0 unspecified atom stereocenters. The highest BCUT2D eigenvalue weighted by atomic mass is 35.5. The zero-order valence-corrected chi connectivity index (χ0v) is 30.1. The van der Waals surface area contributed by atoms with Gasteiger partial charge in [-0.05, 0) is 79.4 Å². The minimum atomic E-state index is -0.897. The molecule has 3 aromatic carbocycles. The fourth-order valence-electron chi connectivity index (χ4n) is 6.72. The summed E-state index contributed by atoms with van der Waals surface area (Å²) >= 11 is 12.8. The number of halogens is 2. The fourth-order valence-corrected chi connectivity index (χ4v) is 7.32. The van der Waals surface area contributed by atoms with E-state index in [2.05, 4.69) is 4.90 Å². The number of pyridine rings is 1. The van der Waals surface area contributed by atoms with Crippen LogP contribution in [0.2, 0.25) is 10.0 Å². The van der Waals surface area contributed by atoms with Crippen LogP contribution in [0.25, 0.3) is 0 Å². The summed E-state index contributed by atoms with van der Waals surface area (Å²) in [6.07, 6.45) is 2.59. The average Bonchev–Trinajstić information content (AvgIpc) is 3.15. The highest BCUT2D eigenvalue weighted by Crippen LogP contribution is 2.36. The smallest absolute Gasteiger partial charge is 0.414 e. The lowest BCUT2D eigenvalue weighted by Crippen LogP contribution is -2.53. The van der Waals surface area contributed by atoms with Crippen LogP contribution >= 0.6 is 23.2 Å². The maximum absolute atomic E-state index is 13.8. The van der Waals surface area contributed by atoms with Crippen LogP contribution in [-0.2, 0) is 22.4 Å². The number of hydrogen-bond acceptors (Lipinski definition) is 9. The lowest BCUT2D eigenvalue weighted by atomic mass is 9.86. The SMILES string of the molecule is COc1ccc([C@H](Cc2c(Cl)c[n+]([O-])cc2Cl)OC(=O)c2ccc(CN(C(=O)O[C@H]3CN4CCC3CC4)c3ccccc3C(N)=O)cc2)cc1OC. The maximum atomic E-state index is 13.8. The van der Waals surface area contributed by atoms with E-state index < -0.39 is 24.1 Å². The molecule has 52 heavy (non-hydrogen) atoms. The topological polar surface area (TPSA) is 148 Å². The van der Waals surface area contributed by atoms with Crippen LogP contribution in [0.3, 0.4) is 0 Å². The molecule has 4 heterocycles. The predicted octanol–water partition coefficient (Wildman–Crippen LogP) is 6.12. The van der Waals surface area contributed by atoms with Crippen molar-refractivity contribution in [3.8, 4) is 11.5 Å². The molecule has 4 aromatic rings. The molecule has 2 N–H and O–H groups in total. The molecule has 3 fully saturated rings. The van der Waals surface area contributed by atoms with Crippen molar-refractivity contribution in [3.63, 3.8) is 0 Å². The van der Waals surface area contributed by atoms with Gasteiger partial charge in [-0.25, -0.2) is 9.59 Å². The van der Waals surface area contributed by atoms with E-state index in [4.69, 9.17) is 47.9 Å². The summed E-state index contributed by atoms with van der Waals surface area (Å²) < 4.78 is 23.4. The molecule has 272 valence electrons. The first kappa shape index (κ1) is 36.7. The van der Waals surface area contributed by atoms with Gasteiger partial charge in [0.1, 0.15) is 22.3 Å². The number of aromatic nitrogens is 1. The molecular weight excluding hydrogens is 711 g/mol. The Morgan fingerprint density at radius 1 is 0.962 bits per heavy atom. The first-order valence-corrected chi connectivity index (χ1v) is 17.5. The maximum Gasteiger partial charge on any atom is 0.414 e. The molecule has 0 spiro atoms. The first-order valence-electron chi connectivity index (χ1n) is 16.7. The van der Waals surface area contributed by atoms with E-state index in [1.165, 1.54) is 31.5 Å². The summed E-state index contributed by atoms with van der Waals surface area (Å²) in [5.41, 5.74) is 8.08. The number of esters is 1. The molecular formula is C38H38Cl2N4O8. The molecule has 3 saturated heterocycles. The number of primary amides is 1. The lowest BCUT2D eigenvalue weighted by Gasteiger charge is -2.44. The number of ether oxygens (including phenoxy) is 4. The molecule has 3 aliphatic rings. The van der Waals surface area contributed by atoms with Crippen LogP contribution < -0.4 is 24.8 Å². The summed E-state index contributed by atoms with van der Waals surface area (Å²) in [6, 6.07) is 18.3. The van der Waals surface area contributed by atoms with E-state index in [1.807, 2.05) is 0 Å². The Balaban J connectivity index is 1.24. The number of fused-ring (bicyclic) bond motifs is 3. The molecule has 0 radical (unpaired) electrons. The quantitative estimate of drug-likeness (QED) is 0.103. The van der Waals surface area contributed by atoms with Gasteiger partial charge in [-0.1, -0.05) is 53.5 Å². The third kappa shape index (κ3) is 8.20. The molecule has 7 rings (SSSR count). The summed E-state index contributed by atoms with van der Waals surface area (Å²) in [4.78, 5) is 43.5. The third-order valence-corrected chi connectivity index (χ3v) is 10.2. The standard InChI is InChI=1S/C38H38Cl2N4O8/c1-49-32-12-11-26(17-34(32)50-2)33(18-28-29(39)20-43(48)21-30(28)40)51-37(46)25-9-7-23(8-10-25)19-44(31-6-4-3-5-27(31)36(41)45)38(47)52-35-22-42-15-13-24(35)14-16-42/h3-12,17,20-21,24,33,35H,13-16,18-19,22H2,1-2H3,(H2,41,45)/t33-,35-/m0/s1. The summed E-state index contributed by atoms with van der Waals surface area (Å²) in [5, 5.41) is 12.1. The van der Waals surface area contributed by atoms with Crippen molar-refractivity contribution in [2.24, 2.45) is 11.7 Å². The van der Waals surface area contributed by atoms with Gasteiger partial charge in [0.05, 0.1) is 37.6 Å². The Morgan fingerprint density at radius 3 is 2.25 bits per heavy atom. The van der Waals surface area contributed by atoms with Crippen molar-refractivity contribution < 1.29 is 38.1 Å². The lowest BCUT2D eigenvalue weighted by molar-refractivity contribution is -0.605. The minimum absolute atomic E-state index is 0.0402. The minimum Gasteiger partial charge on any atom is -0.619 e. The number of hydrogen-bond donors (Lipinski definition) is 1. The van der Waals surface area contributed by atoms with E-state index in [-0.39, 0.29) is 46.2 Å². The van der Waals surface area contributed by atoms with Crippen molar-refractivity contribution in [2.45, 2.75) is 38.0 Å². The molecule has 12 nitrogen and oxygen atoms in total. The van der Waals surface area contributed by atoms with Gasteiger partial charge < -0.3 is 29.9 Å².